The number of nitrogens with one attached hydrogen (secondary N) is 1. The molecule has 1 aromatic heterocycles. The first-order chi connectivity index (χ1) is 10.1. The molecule has 0 saturated heterocycles. The van der Waals surface area contributed by atoms with Gasteiger partial charge in [0.05, 0.1) is 6.21 Å². The van der Waals surface area contributed by atoms with E-state index < -0.39 is 17.5 Å². The molecule has 0 spiro atoms. The zero-order valence-corrected chi connectivity index (χ0v) is 10.8. The lowest BCUT2D eigenvalue weighted by atomic mass is 10.2. The van der Waals surface area contributed by atoms with Crippen LogP contribution >= 0.6 is 0 Å². The summed E-state index contributed by atoms with van der Waals surface area (Å²) in [6.07, 6.45) is 2.65. The largest absolute Gasteiger partial charge is 0.306 e. The minimum atomic E-state index is -0.999. The molecule has 21 heavy (non-hydrogen) atoms. The maximum absolute atomic E-state index is 12.9. The molecule has 5 nitrogen and oxygen atoms in total. The van der Waals surface area contributed by atoms with Gasteiger partial charge in [-0.15, -0.1) is 0 Å². The van der Waals surface area contributed by atoms with Crippen molar-refractivity contribution in [1.82, 2.24) is 9.99 Å². The fourth-order valence-corrected chi connectivity index (χ4v) is 1.55. The second-order valence-electron chi connectivity index (χ2n) is 4.13. The van der Waals surface area contributed by atoms with Crippen molar-refractivity contribution in [3.63, 3.8) is 0 Å². The van der Waals surface area contributed by atoms with E-state index >= 15 is 0 Å². The average Bonchev–Trinajstić information content (AvgIpc) is 2.45. The normalized spacial score (nSPS) is 10.8. The van der Waals surface area contributed by atoms with Crippen LogP contribution in [0.1, 0.15) is 5.56 Å². The minimum absolute atomic E-state index is 0.186. The monoisotopic (exact) mass is 291 g/mol. The highest BCUT2D eigenvalue weighted by molar-refractivity contribution is 5.82. The molecule has 0 aliphatic heterocycles. The zero-order valence-electron chi connectivity index (χ0n) is 10.8. The molecule has 2 aromatic rings. The van der Waals surface area contributed by atoms with Crippen LogP contribution < -0.4 is 11.0 Å². The molecule has 0 aliphatic rings. The first-order valence-electron chi connectivity index (χ1n) is 5.98. The highest BCUT2D eigenvalue weighted by atomic mass is 19.2. The van der Waals surface area contributed by atoms with Gasteiger partial charge in [-0.25, -0.2) is 14.2 Å². The smallest absolute Gasteiger partial charge is 0.260 e. The molecule has 7 heteroatoms. The van der Waals surface area contributed by atoms with Crippen molar-refractivity contribution in [2.24, 2.45) is 5.10 Å². The summed E-state index contributed by atoms with van der Waals surface area (Å²) in [6, 6.07) is 7.75. The molecule has 0 atom stereocenters. The molecular formula is C14H11F2N3O2. The molecule has 0 bridgehead atoms. The Hall–Kier alpha value is -2.83. The Balaban J connectivity index is 1.95. The number of nitrogens with zero attached hydrogens (tertiary/aromatic N) is 2. The molecular weight excluding hydrogens is 280 g/mol. The molecule has 108 valence electrons. The molecule has 0 radical (unpaired) electrons. The topological polar surface area (TPSA) is 63.5 Å². The third-order valence-corrected chi connectivity index (χ3v) is 2.56. The van der Waals surface area contributed by atoms with Gasteiger partial charge in [-0.1, -0.05) is 12.1 Å². The van der Waals surface area contributed by atoms with Crippen LogP contribution in [0.25, 0.3) is 0 Å². The second-order valence-corrected chi connectivity index (χ2v) is 4.13. The van der Waals surface area contributed by atoms with Gasteiger partial charge < -0.3 is 4.57 Å². The SMILES string of the molecule is O=C(Cn1ccccc1=O)N/N=C\c1ccc(F)c(F)c1. The summed E-state index contributed by atoms with van der Waals surface area (Å²) >= 11 is 0. The van der Waals surface area contributed by atoms with Crippen molar-refractivity contribution in [3.05, 3.63) is 70.1 Å². The minimum Gasteiger partial charge on any atom is -0.306 e. The van der Waals surface area contributed by atoms with Crippen LogP contribution in [-0.2, 0) is 11.3 Å². The third kappa shape index (κ3) is 4.07. The summed E-state index contributed by atoms with van der Waals surface area (Å²) in [4.78, 5) is 22.9. The maximum Gasteiger partial charge on any atom is 0.260 e. The molecule has 1 N–H and O–H groups in total. The van der Waals surface area contributed by atoms with E-state index in [1.807, 2.05) is 0 Å². The number of carbonyl (C=O) groups excluding carboxylic acids is 1. The number of aromatic nitrogens is 1. The van der Waals surface area contributed by atoms with Crippen molar-refractivity contribution >= 4 is 12.1 Å². The van der Waals surface area contributed by atoms with Crippen LogP contribution in [0, 0.1) is 11.6 Å². The molecule has 0 unspecified atom stereocenters. The number of rotatable bonds is 4. The van der Waals surface area contributed by atoms with Gasteiger partial charge in [0.25, 0.3) is 11.5 Å². The van der Waals surface area contributed by atoms with Gasteiger partial charge in [-0.05, 0) is 23.8 Å². The number of carbonyl (C=O) groups is 1. The second kappa shape index (κ2) is 6.56. The van der Waals surface area contributed by atoms with Crippen LogP contribution in [-0.4, -0.2) is 16.7 Å². The van der Waals surface area contributed by atoms with Crippen LogP contribution in [0.3, 0.4) is 0 Å². The lowest BCUT2D eigenvalue weighted by Gasteiger charge is -2.03. The van der Waals surface area contributed by atoms with Gasteiger partial charge in [0.2, 0.25) is 0 Å². The van der Waals surface area contributed by atoms with E-state index in [4.69, 9.17) is 0 Å². The van der Waals surface area contributed by atoms with E-state index in [-0.39, 0.29) is 12.1 Å². The van der Waals surface area contributed by atoms with Gasteiger partial charge in [0.15, 0.2) is 11.6 Å². The fraction of sp³-hybridized carbons (Fsp3) is 0.0714. The van der Waals surface area contributed by atoms with Gasteiger partial charge in [-0.2, -0.15) is 5.10 Å². The molecule has 1 aromatic carbocycles. The quantitative estimate of drug-likeness (QED) is 0.681. The Kier molecular flexibility index (Phi) is 4.55. The summed E-state index contributed by atoms with van der Waals surface area (Å²) in [7, 11) is 0. The molecule has 1 amide bonds. The van der Waals surface area contributed by atoms with Gasteiger partial charge in [0.1, 0.15) is 6.54 Å². The molecule has 2 rings (SSSR count). The number of halogens is 2. The predicted molar refractivity (Wildman–Crippen MR) is 72.8 cm³/mol. The Morgan fingerprint density at radius 2 is 2.05 bits per heavy atom. The first kappa shape index (κ1) is 14.6. The van der Waals surface area contributed by atoms with Crippen LogP contribution in [0.2, 0.25) is 0 Å². The number of hydrazone groups is 1. The van der Waals surface area contributed by atoms with Crippen LogP contribution in [0.5, 0.6) is 0 Å². The number of amides is 1. The summed E-state index contributed by atoms with van der Waals surface area (Å²) in [5.41, 5.74) is 2.18. The Morgan fingerprint density at radius 1 is 1.24 bits per heavy atom. The standard InChI is InChI=1S/C14H11F2N3O2/c15-11-5-4-10(7-12(11)16)8-17-18-13(20)9-19-6-2-1-3-14(19)21/h1-8H,9H2,(H,18,20)/b17-8-. The van der Waals surface area contributed by atoms with Crippen molar-refractivity contribution < 1.29 is 13.6 Å². The highest BCUT2D eigenvalue weighted by Crippen LogP contribution is 2.06. The Labute approximate surface area is 118 Å². The summed E-state index contributed by atoms with van der Waals surface area (Å²) in [5, 5.41) is 3.61. The summed E-state index contributed by atoms with van der Waals surface area (Å²) in [5.74, 6) is -2.47. The zero-order chi connectivity index (χ0) is 15.2. The summed E-state index contributed by atoms with van der Waals surface area (Å²) < 4.78 is 26.9. The predicted octanol–water partition coefficient (Wildman–Crippen LogP) is 1.28. The Bertz CT molecular complexity index is 741. The number of benzene rings is 1. The lowest BCUT2D eigenvalue weighted by molar-refractivity contribution is -0.121. The Morgan fingerprint density at radius 3 is 2.76 bits per heavy atom. The molecule has 0 aliphatic carbocycles. The fourth-order valence-electron chi connectivity index (χ4n) is 1.55. The van der Waals surface area contributed by atoms with E-state index in [0.29, 0.717) is 5.56 Å². The molecule has 0 saturated carbocycles. The number of hydrogen-bond acceptors (Lipinski definition) is 3. The van der Waals surface area contributed by atoms with E-state index in [2.05, 4.69) is 10.5 Å². The van der Waals surface area contributed by atoms with Gasteiger partial charge >= 0.3 is 0 Å². The first-order valence-corrected chi connectivity index (χ1v) is 5.98. The van der Waals surface area contributed by atoms with Crippen molar-refractivity contribution in [3.8, 4) is 0 Å². The lowest BCUT2D eigenvalue weighted by Crippen LogP contribution is -2.28. The average molecular weight is 291 g/mol. The van der Waals surface area contributed by atoms with Crippen LogP contribution in [0.4, 0.5) is 8.78 Å². The van der Waals surface area contributed by atoms with Crippen LogP contribution in [0.15, 0.2) is 52.5 Å². The van der Waals surface area contributed by atoms with Crippen molar-refractivity contribution in [1.29, 1.82) is 0 Å². The number of hydrogen-bond donors (Lipinski definition) is 1. The highest BCUT2D eigenvalue weighted by Gasteiger charge is 2.03. The summed E-state index contributed by atoms with van der Waals surface area (Å²) in [6.45, 7) is -0.186. The molecule has 1 heterocycles. The maximum atomic E-state index is 12.9. The van der Waals surface area contributed by atoms with Crippen molar-refractivity contribution in [2.45, 2.75) is 6.54 Å². The van der Waals surface area contributed by atoms with Gasteiger partial charge in [0, 0.05) is 12.3 Å². The van der Waals surface area contributed by atoms with Crippen molar-refractivity contribution in [2.75, 3.05) is 0 Å². The molecule has 0 fully saturated rings. The van der Waals surface area contributed by atoms with Gasteiger partial charge in [-0.3, -0.25) is 9.59 Å². The van der Waals surface area contributed by atoms with E-state index in [1.165, 1.54) is 29.1 Å². The van der Waals surface area contributed by atoms with E-state index in [9.17, 15) is 18.4 Å². The van der Waals surface area contributed by atoms with E-state index in [0.717, 1.165) is 12.1 Å². The third-order valence-electron chi connectivity index (χ3n) is 2.56. The van der Waals surface area contributed by atoms with E-state index in [1.54, 1.807) is 12.1 Å². The number of pyridine rings is 1.